The summed E-state index contributed by atoms with van der Waals surface area (Å²) in [6.45, 7) is 4.42. The molecule has 0 aromatic heterocycles. The van der Waals surface area contributed by atoms with Crippen LogP contribution >= 0.6 is 12.2 Å². The minimum Gasteiger partial charge on any atom is -0.366 e. The van der Waals surface area contributed by atoms with Crippen LogP contribution in [0, 0.1) is 0 Å². The molecule has 2 N–H and O–H groups in total. The first-order valence-corrected chi connectivity index (χ1v) is 6.87. The summed E-state index contributed by atoms with van der Waals surface area (Å²) >= 11 is 5.17. The van der Waals surface area contributed by atoms with Gasteiger partial charge in [0.05, 0.1) is 0 Å². The SMILES string of the molecule is CNC(=S)NC1CCN(Cc2ccccc2)C1C. The van der Waals surface area contributed by atoms with Crippen molar-refractivity contribution in [2.45, 2.75) is 32.0 Å². The molecule has 0 bridgehead atoms. The Kier molecular flexibility index (Phi) is 4.55. The Hall–Kier alpha value is -1.13. The molecule has 2 atom stereocenters. The fourth-order valence-corrected chi connectivity index (χ4v) is 2.63. The molecule has 0 spiro atoms. The topological polar surface area (TPSA) is 27.3 Å². The van der Waals surface area contributed by atoms with E-state index >= 15 is 0 Å². The quantitative estimate of drug-likeness (QED) is 0.813. The van der Waals surface area contributed by atoms with Crippen molar-refractivity contribution < 1.29 is 0 Å². The van der Waals surface area contributed by atoms with Crippen LogP contribution in [0.25, 0.3) is 0 Å². The van der Waals surface area contributed by atoms with Crippen LogP contribution in [0.2, 0.25) is 0 Å². The van der Waals surface area contributed by atoms with Crippen molar-refractivity contribution in [3.8, 4) is 0 Å². The third-order valence-electron chi connectivity index (χ3n) is 3.66. The normalized spacial score (nSPS) is 23.9. The molecule has 1 aromatic carbocycles. The van der Waals surface area contributed by atoms with E-state index in [1.165, 1.54) is 5.56 Å². The molecule has 1 aliphatic heterocycles. The summed E-state index contributed by atoms with van der Waals surface area (Å²) in [5.41, 5.74) is 1.38. The summed E-state index contributed by atoms with van der Waals surface area (Å²) in [6, 6.07) is 11.6. The molecule has 98 valence electrons. The van der Waals surface area contributed by atoms with E-state index in [1.54, 1.807) is 0 Å². The maximum atomic E-state index is 5.17. The number of hydrogen-bond donors (Lipinski definition) is 2. The lowest BCUT2D eigenvalue weighted by atomic mass is 10.1. The molecule has 3 nitrogen and oxygen atoms in total. The molecule has 0 radical (unpaired) electrons. The second-order valence-electron chi connectivity index (χ2n) is 4.82. The highest BCUT2D eigenvalue weighted by Gasteiger charge is 2.30. The molecule has 0 saturated carbocycles. The fraction of sp³-hybridized carbons (Fsp3) is 0.500. The van der Waals surface area contributed by atoms with Crippen LogP contribution in [-0.4, -0.2) is 35.7 Å². The predicted molar refractivity (Wildman–Crippen MR) is 79.5 cm³/mol. The van der Waals surface area contributed by atoms with E-state index in [-0.39, 0.29) is 0 Å². The van der Waals surface area contributed by atoms with Crippen LogP contribution in [-0.2, 0) is 6.54 Å². The van der Waals surface area contributed by atoms with Crippen LogP contribution in [0.4, 0.5) is 0 Å². The highest BCUT2D eigenvalue weighted by Crippen LogP contribution is 2.20. The summed E-state index contributed by atoms with van der Waals surface area (Å²) in [5, 5.41) is 7.10. The molecule has 1 aromatic rings. The maximum absolute atomic E-state index is 5.17. The van der Waals surface area contributed by atoms with E-state index in [1.807, 2.05) is 7.05 Å². The highest BCUT2D eigenvalue weighted by molar-refractivity contribution is 7.80. The zero-order valence-corrected chi connectivity index (χ0v) is 11.8. The van der Waals surface area contributed by atoms with Gasteiger partial charge in [0.1, 0.15) is 0 Å². The monoisotopic (exact) mass is 263 g/mol. The van der Waals surface area contributed by atoms with Crippen molar-refractivity contribution >= 4 is 17.3 Å². The zero-order chi connectivity index (χ0) is 13.0. The maximum Gasteiger partial charge on any atom is 0.166 e. The van der Waals surface area contributed by atoms with E-state index in [2.05, 4.69) is 52.8 Å². The molecule has 1 fully saturated rings. The van der Waals surface area contributed by atoms with Crippen molar-refractivity contribution in [2.75, 3.05) is 13.6 Å². The molecule has 1 aliphatic rings. The van der Waals surface area contributed by atoms with Crippen molar-refractivity contribution in [1.82, 2.24) is 15.5 Å². The standard InChI is InChI=1S/C14H21N3S/c1-11-13(16-14(18)15-2)8-9-17(11)10-12-6-4-3-5-7-12/h3-7,11,13H,8-10H2,1-2H3,(H2,15,16,18). The minimum atomic E-state index is 0.452. The smallest absolute Gasteiger partial charge is 0.166 e. The van der Waals surface area contributed by atoms with E-state index < -0.39 is 0 Å². The van der Waals surface area contributed by atoms with Gasteiger partial charge in [0, 0.05) is 32.2 Å². The van der Waals surface area contributed by atoms with E-state index in [0.29, 0.717) is 12.1 Å². The number of likely N-dealkylation sites (tertiary alicyclic amines) is 1. The number of thiocarbonyl (C=S) groups is 1. The van der Waals surface area contributed by atoms with Gasteiger partial charge in [-0.05, 0) is 31.1 Å². The van der Waals surface area contributed by atoms with Crippen molar-refractivity contribution in [3.63, 3.8) is 0 Å². The summed E-state index contributed by atoms with van der Waals surface area (Å²) in [5.74, 6) is 0. The summed E-state index contributed by atoms with van der Waals surface area (Å²) in [6.07, 6.45) is 1.15. The molecular weight excluding hydrogens is 242 g/mol. The van der Waals surface area contributed by atoms with Crippen LogP contribution < -0.4 is 10.6 Å². The van der Waals surface area contributed by atoms with Crippen molar-refractivity contribution in [2.24, 2.45) is 0 Å². The first-order valence-electron chi connectivity index (χ1n) is 6.47. The van der Waals surface area contributed by atoms with Gasteiger partial charge in [-0.2, -0.15) is 0 Å². The molecule has 0 aliphatic carbocycles. The van der Waals surface area contributed by atoms with Gasteiger partial charge in [-0.3, -0.25) is 4.90 Å². The Morgan fingerprint density at radius 2 is 2.11 bits per heavy atom. The minimum absolute atomic E-state index is 0.452. The summed E-state index contributed by atoms with van der Waals surface area (Å²) in [4.78, 5) is 2.51. The molecule has 2 unspecified atom stereocenters. The summed E-state index contributed by atoms with van der Waals surface area (Å²) in [7, 11) is 1.86. The molecule has 1 heterocycles. The number of benzene rings is 1. The third kappa shape index (κ3) is 3.21. The van der Waals surface area contributed by atoms with Crippen LogP contribution in [0.15, 0.2) is 30.3 Å². The second-order valence-corrected chi connectivity index (χ2v) is 5.22. The van der Waals surface area contributed by atoms with Crippen molar-refractivity contribution in [3.05, 3.63) is 35.9 Å². The predicted octanol–water partition coefficient (Wildman–Crippen LogP) is 1.74. The van der Waals surface area contributed by atoms with Crippen LogP contribution in [0.1, 0.15) is 18.9 Å². The highest BCUT2D eigenvalue weighted by atomic mass is 32.1. The van der Waals surface area contributed by atoms with Gasteiger partial charge in [-0.25, -0.2) is 0 Å². The largest absolute Gasteiger partial charge is 0.366 e. The van der Waals surface area contributed by atoms with Gasteiger partial charge in [0.2, 0.25) is 0 Å². The lowest BCUT2D eigenvalue weighted by Crippen LogP contribution is -2.46. The van der Waals surface area contributed by atoms with Gasteiger partial charge in [0.25, 0.3) is 0 Å². The van der Waals surface area contributed by atoms with Gasteiger partial charge in [-0.15, -0.1) is 0 Å². The fourth-order valence-electron chi connectivity index (χ4n) is 2.48. The second kappa shape index (κ2) is 6.16. The molecule has 4 heteroatoms. The van der Waals surface area contributed by atoms with E-state index in [0.717, 1.165) is 24.6 Å². The Morgan fingerprint density at radius 1 is 1.39 bits per heavy atom. The van der Waals surface area contributed by atoms with Crippen molar-refractivity contribution in [1.29, 1.82) is 0 Å². The van der Waals surface area contributed by atoms with E-state index in [9.17, 15) is 0 Å². The number of rotatable bonds is 3. The molecule has 1 saturated heterocycles. The van der Waals surface area contributed by atoms with Crippen LogP contribution in [0.3, 0.4) is 0 Å². The third-order valence-corrected chi connectivity index (χ3v) is 3.98. The lowest BCUT2D eigenvalue weighted by molar-refractivity contribution is 0.247. The summed E-state index contributed by atoms with van der Waals surface area (Å²) < 4.78 is 0. The number of hydrogen-bond acceptors (Lipinski definition) is 2. The van der Waals surface area contributed by atoms with Gasteiger partial charge < -0.3 is 10.6 Å². The van der Waals surface area contributed by atoms with E-state index in [4.69, 9.17) is 12.2 Å². The first kappa shape index (κ1) is 13.3. The first-order chi connectivity index (χ1) is 8.70. The van der Waals surface area contributed by atoms with Crippen LogP contribution in [0.5, 0.6) is 0 Å². The van der Waals surface area contributed by atoms with Gasteiger partial charge in [-0.1, -0.05) is 30.3 Å². The zero-order valence-electron chi connectivity index (χ0n) is 11.0. The lowest BCUT2D eigenvalue weighted by Gasteiger charge is -2.25. The molecule has 18 heavy (non-hydrogen) atoms. The Labute approximate surface area is 115 Å². The molecular formula is C14H21N3S. The molecule has 2 rings (SSSR count). The number of nitrogens with zero attached hydrogens (tertiary/aromatic N) is 1. The Balaban J connectivity index is 1.91. The van der Waals surface area contributed by atoms with Gasteiger partial charge in [0.15, 0.2) is 5.11 Å². The Bertz CT molecular complexity index is 393. The molecule has 0 amide bonds. The average molecular weight is 263 g/mol. The Morgan fingerprint density at radius 3 is 2.78 bits per heavy atom. The number of nitrogens with one attached hydrogen (secondary N) is 2. The van der Waals surface area contributed by atoms with Gasteiger partial charge >= 0.3 is 0 Å². The average Bonchev–Trinajstić information content (AvgIpc) is 2.73.